The summed E-state index contributed by atoms with van der Waals surface area (Å²) < 4.78 is 0. The minimum absolute atomic E-state index is 0.0254. The van der Waals surface area contributed by atoms with Gasteiger partial charge in [-0.1, -0.05) is 32.0 Å². The first-order chi connectivity index (χ1) is 13.4. The van der Waals surface area contributed by atoms with Gasteiger partial charge in [0.25, 0.3) is 5.91 Å². The average Bonchev–Trinajstić information content (AvgIpc) is 2.67. The van der Waals surface area contributed by atoms with Crippen LogP contribution in [0.5, 0.6) is 0 Å². The number of carbonyl (C=O) groups is 2. The molecule has 4 heteroatoms. The smallest absolute Gasteiger partial charge is 0.255 e. The second-order valence-corrected chi connectivity index (χ2v) is 8.35. The minimum Gasteiger partial charge on any atom is -0.338 e. The summed E-state index contributed by atoms with van der Waals surface area (Å²) in [6.07, 6.45) is 4.04. The first-order valence-electron chi connectivity index (χ1n) is 10.2. The fraction of sp³-hybridized carbons (Fsp3) is 0.458. The number of Topliss-reactive ketones (excluding diaryl/α,β-unsaturated/α-hetero) is 1. The summed E-state index contributed by atoms with van der Waals surface area (Å²) in [7, 11) is 0. The summed E-state index contributed by atoms with van der Waals surface area (Å²) in [6, 6.07) is 9.97. The predicted molar refractivity (Wildman–Crippen MR) is 112 cm³/mol. The third-order valence-electron chi connectivity index (χ3n) is 5.52. The summed E-state index contributed by atoms with van der Waals surface area (Å²) in [6.45, 7) is 9.52. The van der Waals surface area contributed by atoms with Crippen LogP contribution in [0.2, 0.25) is 0 Å². The molecular formula is C24H30N2O2. The number of hydrogen-bond donors (Lipinski definition) is 0. The molecule has 1 fully saturated rings. The number of aryl methyl sites for hydroxylation is 2. The van der Waals surface area contributed by atoms with Gasteiger partial charge in [-0.3, -0.25) is 14.6 Å². The van der Waals surface area contributed by atoms with Crippen molar-refractivity contribution in [2.45, 2.75) is 47.0 Å². The van der Waals surface area contributed by atoms with Crippen molar-refractivity contribution < 1.29 is 9.59 Å². The van der Waals surface area contributed by atoms with Crippen LogP contribution in [-0.2, 0) is 4.79 Å². The molecule has 2 aromatic rings. The number of hydrogen-bond acceptors (Lipinski definition) is 3. The topological polar surface area (TPSA) is 50.3 Å². The maximum atomic E-state index is 12.9. The highest BCUT2D eigenvalue weighted by molar-refractivity contribution is 5.95. The van der Waals surface area contributed by atoms with Crippen molar-refractivity contribution in [3.63, 3.8) is 0 Å². The SMILES string of the molecule is Cc1cccc(C)c1-c1ccc(C(=O)N2CCC[C@H](C(=O)CC(C)C)C2)cn1. The van der Waals surface area contributed by atoms with E-state index in [0.29, 0.717) is 31.0 Å². The molecule has 0 aliphatic carbocycles. The summed E-state index contributed by atoms with van der Waals surface area (Å²) in [5.74, 6) is 0.598. The van der Waals surface area contributed by atoms with Gasteiger partial charge in [-0.2, -0.15) is 0 Å². The molecule has 28 heavy (non-hydrogen) atoms. The van der Waals surface area contributed by atoms with E-state index in [1.165, 1.54) is 11.1 Å². The highest BCUT2D eigenvalue weighted by Crippen LogP contribution is 2.26. The van der Waals surface area contributed by atoms with E-state index in [1.807, 2.05) is 23.1 Å². The van der Waals surface area contributed by atoms with Crippen molar-refractivity contribution >= 4 is 11.7 Å². The lowest BCUT2D eigenvalue weighted by molar-refractivity contribution is -0.124. The molecule has 4 nitrogen and oxygen atoms in total. The fourth-order valence-electron chi connectivity index (χ4n) is 4.06. The van der Waals surface area contributed by atoms with Crippen molar-refractivity contribution in [2.75, 3.05) is 13.1 Å². The van der Waals surface area contributed by atoms with Gasteiger partial charge in [0.15, 0.2) is 0 Å². The van der Waals surface area contributed by atoms with E-state index >= 15 is 0 Å². The Bertz CT molecular complexity index is 835. The Kier molecular flexibility index (Phi) is 6.28. The van der Waals surface area contributed by atoms with E-state index in [-0.39, 0.29) is 17.6 Å². The second-order valence-electron chi connectivity index (χ2n) is 8.35. The molecular weight excluding hydrogens is 348 g/mol. The number of nitrogens with zero attached hydrogens (tertiary/aromatic N) is 2. The quantitative estimate of drug-likeness (QED) is 0.748. The zero-order valence-corrected chi connectivity index (χ0v) is 17.4. The number of carbonyl (C=O) groups excluding carboxylic acids is 2. The lowest BCUT2D eigenvalue weighted by atomic mass is 9.89. The van der Waals surface area contributed by atoms with E-state index in [1.54, 1.807) is 6.20 Å². The summed E-state index contributed by atoms with van der Waals surface area (Å²) >= 11 is 0. The third-order valence-corrected chi connectivity index (χ3v) is 5.52. The Hall–Kier alpha value is -2.49. The number of rotatable bonds is 5. The first-order valence-corrected chi connectivity index (χ1v) is 10.2. The largest absolute Gasteiger partial charge is 0.338 e. The number of amides is 1. The molecule has 1 aliphatic rings. The van der Waals surface area contributed by atoms with Gasteiger partial charge in [-0.05, 0) is 55.9 Å². The molecule has 0 radical (unpaired) electrons. The lowest BCUT2D eigenvalue weighted by Gasteiger charge is -2.32. The van der Waals surface area contributed by atoms with E-state index in [0.717, 1.165) is 24.1 Å². The monoisotopic (exact) mass is 378 g/mol. The molecule has 0 bridgehead atoms. The van der Waals surface area contributed by atoms with Crippen LogP contribution < -0.4 is 0 Å². The van der Waals surface area contributed by atoms with Crippen molar-refractivity contribution in [1.29, 1.82) is 0 Å². The molecule has 3 rings (SSSR count). The van der Waals surface area contributed by atoms with Crippen LogP contribution in [0, 0.1) is 25.7 Å². The van der Waals surface area contributed by atoms with Gasteiger partial charge in [-0.25, -0.2) is 0 Å². The van der Waals surface area contributed by atoms with Crippen molar-refractivity contribution in [3.05, 3.63) is 53.2 Å². The van der Waals surface area contributed by atoms with Crippen LogP contribution in [0.1, 0.15) is 54.6 Å². The van der Waals surface area contributed by atoms with Gasteiger partial charge in [0.1, 0.15) is 5.78 Å². The highest BCUT2D eigenvalue weighted by Gasteiger charge is 2.29. The molecule has 2 heterocycles. The molecule has 1 aromatic carbocycles. The van der Waals surface area contributed by atoms with E-state index in [2.05, 4.69) is 44.8 Å². The predicted octanol–water partition coefficient (Wildman–Crippen LogP) is 4.83. The molecule has 1 aliphatic heterocycles. The molecule has 1 amide bonds. The highest BCUT2D eigenvalue weighted by atomic mass is 16.2. The third kappa shape index (κ3) is 4.49. The number of benzene rings is 1. The fourth-order valence-corrected chi connectivity index (χ4v) is 4.06. The summed E-state index contributed by atoms with van der Waals surface area (Å²) in [5, 5.41) is 0. The summed E-state index contributed by atoms with van der Waals surface area (Å²) in [4.78, 5) is 31.8. The Balaban J connectivity index is 1.73. The van der Waals surface area contributed by atoms with Gasteiger partial charge >= 0.3 is 0 Å². The number of pyridine rings is 1. The molecule has 1 aromatic heterocycles. The van der Waals surface area contributed by atoms with Crippen LogP contribution >= 0.6 is 0 Å². The van der Waals surface area contributed by atoms with E-state index in [9.17, 15) is 9.59 Å². The first kappa shape index (κ1) is 20.2. The summed E-state index contributed by atoms with van der Waals surface area (Å²) in [5.41, 5.74) is 4.95. The lowest BCUT2D eigenvalue weighted by Crippen LogP contribution is -2.42. The number of likely N-dealkylation sites (tertiary alicyclic amines) is 1. The van der Waals surface area contributed by atoms with Crippen LogP contribution in [0.15, 0.2) is 36.5 Å². The van der Waals surface area contributed by atoms with Crippen LogP contribution in [0.25, 0.3) is 11.3 Å². The Morgan fingerprint density at radius 2 is 1.86 bits per heavy atom. The zero-order chi connectivity index (χ0) is 20.3. The number of piperidine rings is 1. The standard InChI is InChI=1S/C24H30N2O2/c1-16(2)13-22(27)20-9-6-12-26(15-20)24(28)19-10-11-21(25-14-19)23-17(3)7-5-8-18(23)4/h5,7-8,10-11,14,16,20H,6,9,12-13,15H2,1-4H3/t20-/m0/s1. The molecule has 1 saturated heterocycles. The van der Waals surface area contributed by atoms with E-state index < -0.39 is 0 Å². The second kappa shape index (κ2) is 8.68. The zero-order valence-electron chi connectivity index (χ0n) is 17.4. The normalized spacial score (nSPS) is 17.0. The maximum Gasteiger partial charge on any atom is 0.255 e. The number of aromatic nitrogens is 1. The molecule has 0 saturated carbocycles. The van der Waals surface area contributed by atoms with E-state index in [4.69, 9.17) is 0 Å². The molecule has 0 spiro atoms. The van der Waals surface area contributed by atoms with Crippen LogP contribution in [0.3, 0.4) is 0 Å². The van der Waals surface area contributed by atoms with Crippen molar-refractivity contribution in [2.24, 2.45) is 11.8 Å². The molecule has 1 atom stereocenters. The van der Waals surface area contributed by atoms with Gasteiger partial charge < -0.3 is 4.90 Å². The number of ketones is 1. The average molecular weight is 379 g/mol. The van der Waals surface area contributed by atoms with Crippen LogP contribution in [-0.4, -0.2) is 34.7 Å². The van der Waals surface area contributed by atoms with Gasteiger partial charge in [0, 0.05) is 37.2 Å². The van der Waals surface area contributed by atoms with Gasteiger partial charge in [-0.15, -0.1) is 0 Å². The molecule has 0 unspecified atom stereocenters. The van der Waals surface area contributed by atoms with Crippen molar-refractivity contribution in [1.82, 2.24) is 9.88 Å². The minimum atomic E-state index is -0.0260. The Labute approximate surface area is 168 Å². The van der Waals surface area contributed by atoms with Gasteiger partial charge in [0.05, 0.1) is 11.3 Å². The molecule has 0 N–H and O–H groups in total. The van der Waals surface area contributed by atoms with Gasteiger partial charge in [0.2, 0.25) is 0 Å². The Morgan fingerprint density at radius 1 is 1.14 bits per heavy atom. The molecule has 148 valence electrons. The van der Waals surface area contributed by atoms with Crippen LogP contribution in [0.4, 0.5) is 0 Å². The van der Waals surface area contributed by atoms with Crippen molar-refractivity contribution in [3.8, 4) is 11.3 Å². The maximum absolute atomic E-state index is 12.9. The Morgan fingerprint density at radius 3 is 2.46 bits per heavy atom.